The zero-order valence-electron chi connectivity index (χ0n) is 13.2. The van der Waals surface area contributed by atoms with Gasteiger partial charge in [-0.3, -0.25) is 9.59 Å². The van der Waals surface area contributed by atoms with Crippen molar-refractivity contribution in [3.8, 4) is 0 Å². The number of amides is 2. The Morgan fingerprint density at radius 2 is 2.04 bits per heavy atom. The van der Waals surface area contributed by atoms with E-state index in [1.54, 1.807) is 24.3 Å². The fourth-order valence-corrected chi connectivity index (χ4v) is 3.71. The van der Waals surface area contributed by atoms with Gasteiger partial charge in [0, 0.05) is 16.3 Å². The number of carboxylic acid groups (broad SMARTS) is 1. The fraction of sp³-hybridized carbons (Fsp3) is 0.438. The van der Waals surface area contributed by atoms with Crippen LogP contribution in [0.4, 0.5) is 0 Å². The first-order chi connectivity index (χ1) is 11.4. The summed E-state index contributed by atoms with van der Waals surface area (Å²) in [6, 6.07) is 4.86. The van der Waals surface area contributed by atoms with E-state index in [9.17, 15) is 14.4 Å². The maximum atomic E-state index is 12.6. The lowest BCUT2D eigenvalue weighted by Crippen LogP contribution is -2.51. The van der Waals surface area contributed by atoms with Crippen LogP contribution in [0.5, 0.6) is 0 Å². The van der Waals surface area contributed by atoms with Crippen LogP contribution in [0.2, 0.25) is 5.02 Å². The van der Waals surface area contributed by atoms with Crippen LogP contribution in [0.25, 0.3) is 0 Å². The topological polar surface area (TPSA) is 86.7 Å². The van der Waals surface area contributed by atoms with Crippen LogP contribution in [-0.4, -0.2) is 51.5 Å². The van der Waals surface area contributed by atoms with Gasteiger partial charge >= 0.3 is 5.97 Å². The highest BCUT2D eigenvalue weighted by molar-refractivity contribution is 7.99. The number of carboxylic acids is 1. The number of halogens is 1. The number of carbonyl (C=O) groups excluding carboxylic acids is 2. The Morgan fingerprint density at radius 1 is 1.38 bits per heavy atom. The van der Waals surface area contributed by atoms with E-state index in [0.29, 0.717) is 35.1 Å². The van der Waals surface area contributed by atoms with Crippen molar-refractivity contribution in [1.82, 2.24) is 10.2 Å². The Morgan fingerprint density at radius 3 is 2.62 bits per heavy atom. The zero-order chi connectivity index (χ0) is 17.7. The van der Waals surface area contributed by atoms with E-state index < -0.39 is 24.0 Å². The molecule has 1 aromatic carbocycles. The predicted octanol–water partition coefficient (Wildman–Crippen LogP) is 2.22. The Bertz CT molecular complexity index is 623. The first-order valence-electron chi connectivity index (χ1n) is 7.61. The molecule has 2 atom stereocenters. The average molecular weight is 371 g/mol. The lowest BCUT2D eigenvalue weighted by Gasteiger charge is -2.24. The Kier molecular flexibility index (Phi) is 6.51. The van der Waals surface area contributed by atoms with Gasteiger partial charge in [-0.1, -0.05) is 24.9 Å². The summed E-state index contributed by atoms with van der Waals surface area (Å²) in [5.74, 6) is -0.914. The van der Waals surface area contributed by atoms with E-state index >= 15 is 0 Å². The number of thioether (sulfide) groups is 1. The molecule has 1 heterocycles. The average Bonchev–Trinajstić information content (AvgIpc) is 3.04. The molecule has 2 amide bonds. The van der Waals surface area contributed by atoms with E-state index in [2.05, 4.69) is 5.32 Å². The van der Waals surface area contributed by atoms with Crippen molar-refractivity contribution in [2.75, 3.05) is 11.6 Å². The van der Waals surface area contributed by atoms with E-state index in [1.165, 1.54) is 16.7 Å². The molecular weight excluding hydrogens is 352 g/mol. The number of benzene rings is 1. The first kappa shape index (κ1) is 18.6. The molecule has 8 heteroatoms. The SMILES string of the molecule is CCCC(NC(=O)C1CSCN1C(=O)c1ccc(Cl)cc1)C(=O)O. The van der Waals surface area contributed by atoms with Gasteiger partial charge in [0.25, 0.3) is 5.91 Å². The van der Waals surface area contributed by atoms with Crippen molar-refractivity contribution in [1.29, 1.82) is 0 Å². The van der Waals surface area contributed by atoms with Crippen LogP contribution >= 0.6 is 23.4 Å². The molecular formula is C16H19ClN2O4S. The normalized spacial score (nSPS) is 18.2. The molecule has 1 saturated heterocycles. The Hall–Kier alpha value is -1.73. The maximum Gasteiger partial charge on any atom is 0.326 e. The Labute approximate surface area is 149 Å². The van der Waals surface area contributed by atoms with Gasteiger partial charge in [-0.05, 0) is 30.7 Å². The van der Waals surface area contributed by atoms with Crippen LogP contribution in [0, 0.1) is 0 Å². The summed E-state index contributed by atoms with van der Waals surface area (Å²) in [5, 5.41) is 12.2. The molecule has 0 aromatic heterocycles. The molecule has 6 nitrogen and oxygen atoms in total. The second-order valence-electron chi connectivity index (χ2n) is 5.49. The number of nitrogens with zero attached hydrogens (tertiary/aromatic N) is 1. The molecule has 0 spiro atoms. The van der Waals surface area contributed by atoms with Crippen molar-refractivity contribution in [2.24, 2.45) is 0 Å². The molecule has 130 valence electrons. The first-order valence-corrected chi connectivity index (χ1v) is 9.14. The Balaban J connectivity index is 2.08. The molecule has 2 rings (SSSR count). The summed E-state index contributed by atoms with van der Waals surface area (Å²) in [6.45, 7) is 1.85. The molecule has 1 aromatic rings. The van der Waals surface area contributed by atoms with Gasteiger partial charge < -0.3 is 15.3 Å². The van der Waals surface area contributed by atoms with Gasteiger partial charge in [0.05, 0.1) is 5.88 Å². The molecule has 1 aliphatic heterocycles. The van der Waals surface area contributed by atoms with Gasteiger partial charge in [-0.2, -0.15) is 0 Å². The van der Waals surface area contributed by atoms with Gasteiger partial charge in [0.2, 0.25) is 5.91 Å². The van der Waals surface area contributed by atoms with Gasteiger partial charge in [-0.25, -0.2) is 4.79 Å². The minimum absolute atomic E-state index is 0.265. The van der Waals surface area contributed by atoms with E-state index in [-0.39, 0.29) is 5.91 Å². The second-order valence-corrected chi connectivity index (χ2v) is 6.92. The number of hydrogen-bond donors (Lipinski definition) is 2. The quantitative estimate of drug-likeness (QED) is 0.801. The summed E-state index contributed by atoms with van der Waals surface area (Å²) >= 11 is 7.29. The second kappa shape index (κ2) is 8.39. The van der Waals surface area contributed by atoms with Crippen LogP contribution < -0.4 is 5.32 Å². The van der Waals surface area contributed by atoms with E-state index in [1.807, 2.05) is 6.92 Å². The zero-order valence-corrected chi connectivity index (χ0v) is 14.8. The third-order valence-electron chi connectivity index (χ3n) is 3.73. The van der Waals surface area contributed by atoms with Crippen molar-refractivity contribution in [2.45, 2.75) is 31.8 Å². The smallest absolute Gasteiger partial charge is 0.326 e. The highest BCUT2D eigenvalue weighted by atomic mass is 35.5. The monoisotopic (exact) mass is 370 g/mol. The number of carbonyl (C=O) groups is 3. The largest absolute Gasteiger partial charge is 0.480 e. The minimum atomic E-state index is -1.06. The summed E-state index contributed by atoms with van der Waals surface area (Å²) in [6.07, 6.45) is 0.996. The number of hydrogen-bond acceptors (Lipinski definition) is 4. The summed E-state index contributed by atoms with van der Waals surface area (Å²) in [4.78, 5) is 37.7. The lowest BCUT2D eigenvalue weighted by molar-refractivity contribution is -0.142. The van der Waals surface area contributed by atoms with Crippen molar-refractivity contribution in [3.05, 3.63) is 34.9 Å². The van der Waals surface area contributed by atoms with Crippen molar-refractivity contribution >= 4 is 41.1 Å². The maximum absolute atomic E-state index is 12.6. The number of rotatable bonds is 6. The predicted molar refractivity (Wildman–Crippen MR) is 93.2 cm³/mol. The molecule has 0 saturated carbocycles. The molecule has 1 fully saturated rings. The molecule has 24 heavy (non-hydrogen) atoms. The summed E-state index contributed by atoms with van der Waals surface area (Å²) in [7, 11) is 0. The molecule has 1 aliphatic rings. The minimum Gasteiger partial charge on any atom is -0.480 e. The van der Waals surface area contributed by atoms with Gasteiger partial charge in [0.15, 0.2) is 0 Å². The standard InChI is InChI=1S/C16H19ClN2O4S/c1-2-3-12(16(22)23)18-14(20)13-8-24-9-19(13)15(21)10-4-6-11(17)7-5-10/h4-7,12-13H,2-3,8-9H2,1H3,(H,18,20)(H,22,23). The third-order valence-corrected chi connectivity index (χ3v) is 4.99. The van der Waals surface area contributed by atoms with E-state index in [4.69, 9.17) is 16.7 Å². The fourth-order valence-electron chi connectivity index (χ4n) is 2.43. The number of nitrogens with one attached hydrogen (secondary N) is 1. The van der Waals surface area contributed by atoms with Crippen LogP contribution in [0.1, 0.15) is 30.1 Å². The number of aliphatic carboxylic acids is 1. The highest BCUT2D eigenvalue weighted by Gasteiger charge is 2.36. The summed E-state index contributed by atoms with van der Waals surface area (Å²) in [5.41, 5.74) is 0.447. The highest BCUT2D eigenvalue weighted by Crippen LogP contribution is 2.24. The molecule has 0 radical (unpaired) electrons. The lowest BCUT2D eigenvalue weighted by atomic mass is 10.1. The molecule has 2 unspecified atom stereocenters. The molecule has 0 aliphatic carbocycles. The van der Waals surface area contributed by atoms with Crippen LogP contribution in [0.15, 0.2) is 24.3 Å². The third kappa shape index (κ3) is 4.42. The molecule has 2 N–H and O–H groups in total. The van der Waals surface area contributed by atoms with Crippen LogP contribution in [0.3, 0.4) is 0 Å². The molecule has 0 bridgehead atoms. The van der Waals surface area contributed by atoms with E-state index in [0.717, 1.165) is 0 Å². The van der Waals surface area contributed by atoms with Gasteiger partial charge in [-0.15, -0.1) is 11.8 Å². The summed E-state index contributed by atoms with van der Waals surface area (Å²) < 4.78 is 0. The van der Waals surface area contributed by atoms with Crippen LogP contribution in [-0.2, 0) is 9.59 Å². The van der Waals surface area contributed by atoms with Gasteiger partial charge in [0.1, 0.15) is 12.1 Å². The van der Waals surface area contributed by atoms with Crippen molar-refractivity contribution in [3.63, 3.8) is 0 Å². The van der Waals surface area contributed by atoms with Crippen molar-refractivity contribution < 1.29 is 19.5 Å².